The third-order valence-electron chi connectivity index (χ3n) is 3.01. The Hall–Kier alpha value is -2.49. The fraction of sp³-hybridized carbons (Fsp3) is 0. The molecule has 1 N–H and O–H groups in total. The number of nitro groups is 1. The number of carbonyl (C=O) groups is 1. The van der Waals surface area contributed by atoms with Gasteiger partial charge in [0.1, 0.15) is 11.1 Å². The van der Waals surface area contributed by atoms with E-state index in [-0.39, 0.29) is 28.2 Å². The highest BCUT2D eigenvalue weighted by Crippen LogP contribution is 2.30. The van der Waals surface area contributed by atoms with Gasteiger partial charge in [-0.05, 0) is 46.9 Å². The molecule has 0 spiro atoms. The van der Waals surface area contributed by atoms with Crippen molar-refractivity contribution in [3.8, 4) is 11.5 Å². The van der Waals surface area contributed by atoms with E-state index in [4.69, 9.17) is 4.42 Å². The van der Waals surface area contributed by atoms with Crippen molar-refractivity contribution in [1.29, 1.82) is 0 Å². The summed E-state index contributed by atoms with van der Waals surface area (Å²) in [5.41, 5.74) is 0.197. The van der Waals surface area contributed by atoms with E-state index in [2.05, 4.69) is 27.6 Å². The number of nitro benzene ring substituents is 1. The van der Waals surface area contributed by atoms with Crippen LogP contribution >= 0.6 is 22.6 Å². The molecule has 3 rings (SSSR count). The molecule has 0 atom stereocenters. The molecule has 22 heavy (non-hydrogen) atoms. The van der Waals surface area contributed by atoms with Crippen LogP contribution in [0.5, 0.6) is 0 Å². The van der Waals surface area contributed by atoms with E-state index in [0.717, 1.165) is 9.64 Å². The number of hydrogen-bond donors (Lipinski definition) is 1. The molecule has 0 aliphatic heterocycles. The third kappa shape index (κ3) is 2.52. The maximum Gasteiger partial charge on any atom is 0.339 e. The number of non-ortho nitro benzene ring substituents is 1. The summed E-state index contributed by atoms with van der Waals surface area (Å²) in [6.07, 6.45) is 0. The number of carboxylic acid groups (broad SMARTS) is 1. The quantitative estimate of drug-likeness (QED) is 0.401. The van der Waals surface area contributed by atoms with E-state index < -0.39 is 10.9 Å². The lowest BCUT2D eigenvalue weighted by molar-refractivity contribution is -0.384. The van der Waals surface area contributed by atoms with Crippen LogP contribution in [0.25, 0.3) is 22.6 Å². The Balaban J connectivity index is 2.24. The van der Waals surface area contributed by atoms with Crippen molar-refractivity contribution in [3.05, 3.63) is 55.6 Å². The number of oxazole rings is 1. The number of aromatic nitrogens is 1. The van der Waals surface area contributed by atoms with Gasteiger partial charge in [-0.1, -0.05) is 0 Å². The average Bonchev–Trinajstić information content (AvgIpc) is 2.90. The van der Waals surface area contributed by atoms with Crippen LogP contribution in [0.2, 0.25) is 0 Å². The molecule has 0 bridgehead atoms. The van der Waals surface area contributed by atoms with Crippen LogP contribution in [0, 0.1) is 13.7 Å². The van der Waals surface area contributed by atoms with Crippen LogP contribution in [0.15, 0.2) is 40.8 Å². The molecular formula is C14H7IN2O5. The Morgan fingerprint density at radius 3 is 2.55 bits per heavy atom. The minimum absolute atomic E-state index is 0.0200. The summed E-state index contributed by atoms with van der Waals surface area (Å²) in [5.74, 6) is -1.09. The van der Waals surface area contributed by atoms with Crippen LogP contribution in [-0.2, 0) is 0 Å². The summed E-state index contributed by atoms with van der Waals surface area (Å²) in [7, 11) is 0. The SMILES string of the molecule is O=C(O)c1cc([N+](=O)[O-])cc2nc(-c3ccc(I)cc3)oc12. The zero-order chi connectivity index (χ0) is 15.9. The fourth-order valence-electron chi connectivity index (χ4n) is 2.00. The van der Waals surface area contributed by atoms with E-state index in [1.165, 1.54) is 6.07 Å². The Bertz CT molecular complexity index is 901. The van der Waals surface area contributed by atoms with Crippen LogP contribution in [0.1, 0.15) is 10.4 Å². The number of rotatable bonds is 3. The molecule has 0 unspecified atom stereocenters. The smallest absolute Gasteiger partial charge is 0.339 e. The van der Waals surface area contributed by atoms with Crippen molar-refractivity contribution in [1.82, 2.24) is 4.98 Å². The van der Waals surface area contributed by atoms with E-state index in [1.54, 1.807) is 12.1 Å². The predicted molar refractivity (Wildman–Crippen MR) is 85.8 cm³/mol. The monoisotopic (exact) mass is 410 g/mol. The summed E-state index contributed by atoms with van der Waals surface area (Å²) < 4.78 is 6.53. The molecule has 0 aliphatic carbocycles. The number of fused-ring (bicyclic) bond motifs is 1. The first-order chi connectivity index (χ1) is 10.5. The molecular weight excluding hydrogens is 403 g/mol. The van der Waals surface area contributed by atoms with Crippen molar-refractivity contribution in [2.24, 2.45) is 0 Å². The van der Waals surface area contributed by atoms with Crippen molar-refractivity contribution >= 4 is 45.3 Å². The molecule has 0 saturated heterocycles. The normalized spacial score (nSPS) is 10.8. The highest BCUT2D eigenvalue weighted by molar-refractivity contribution is 14.1. The second kappa shape index (κ2) is 5.37. The first-order valence-electron chi connectivity index (χ1n) is 6.04. The van der Waals surface area contributed by atoms with E-state index in [0.29, 0.717) is 5.56 Å². The Morgan fingerprint density at radius 1 is 1.27 bits per heavy atom. The van der Waals surface area contributed by atoms with Crippen LogP contribution < -0.4 is 0 Å². The molecule has 7 nitrogen and oxygen atoms in total. The summed E-state index contributed by atoms with van der Waals surface area (Å²) >= 11 is 2.15. The van der Waals surface area contributed by atoms with Gasteiger partial charge in [0.15, 0.2) is 5.58 Å². The minimum Gasteiger partial charge on any atom is -0.478 e. The van der Waals surface area contributed by atoms with E-state index in [1.807, 2.05) is 12.1 Å². The topological polar surface area (TPSA) is 106 Å². The molecule has 0 amide bonds. The lowest BCUT2D eigenvalue weighted by atomic mass is 10.2. The lowest BCUT2D eigenvalue weighted by Gasteiger charge is -1.96. The average molecular weight is 410 g/mol. The van der Waals surface area contributed by atoms with Gasteiger partial charge in [-0.25, -0.2) is 9.78 Å². The van der Waals surface area contributed by atoms with Crippen LogP contribution in [0.3, 0.4) is 0 Å². The zero-order valence-electron chi connectivity index (χ0n) is 10.8. The molecule has 0 aliphatic rings. The number of hydrogen-bond acceptors (Lipinski definition) is 5. The zero-order valence-corrected chi connectivity index (χ0v) is 13.0. The Labute approximate surface area is 136 Å². The predicted octanol–water partition coefficient (Wildman–Crippen LogP) is 3.71. The second-order valence-electron chi connectivity index (χ2n) is 4.43. The van der Waals surface area contributed by atoms with Gasteiger partial charge >= 0.3 is 5.97 Å². The number of nitrogens with zero attached hydrogens (tertiary/aromatic N) is 2. The highest BCUT2D eigenvalue weighted by Gasteiger charge is 2.21. The van der Waals surface area contributed by atoms with Gasteiger partial charge in [0, 0.05) is 21.3 Å². The molecule has 2 aromatic carbocycles. The second-order valence-corrected chi connectivity index (χ2v) is 5.68. The first kappa shape index (κ1) is 14.4. The number of carboxylic acids is 1. The summed E-state index contributed by atoms with van der Waals surface area (Å²) in [5, 5.41) is 20.1. The Kier molecular flexibility index (Phi) is 3.53. The van der Waals surface area contributed by atoms with Crippen molar-refractivity contribution in [2.45, 2.75) is 0 Å². The van der Waals surface area contributed by atoms with Gasteiger partial charge in [-0.2, -0.15) is 0 Å². The molecule has 0 fully saturated rings. The summed E-state index contributed by atoms with van der Waals surface area (Å²) in [6.45, 7) is 0. The van der Waals surface area contributed by atoms with Crippen molar-refractivity contribution in [2.75, 3.05) is 0 Å². The molecule has 0 saturated carbocycles. The van der Waals surface area contributed by atoms with Crippen molar-refractivity contribution in [3.63, 3.8) is 0 Å². The number of halogens is 1. The van der Waals surface area contributed by atoms with E-state index >= 15 is 0 Å². The molecule has 1 aromatic heterocycles. The summed E-state index contributed by atoms with van der Waals surface area (Å²) in [4.78, 5) is 25.7. The standard InChI is InChI=1S/C14H7IN2O5/c15-8-3-1-7(2-4-8)13-16-11-6-9(17(20)21)5-10(14(18)19)12(11)22-13/h1-6H,(H,18,19). The highest BCUT2D eigenvalue weighted by atomic mass is 127. The third-order valence-corrected chi connectivity index (χ3v) is 3.73. The maximum atomic E-state index is 11.3. The maximum absolute atomic E-state index is 11.3. The fourth-order valence-corrected chi connectivity index (χ4v) is 2.36. The van der Waals surface area contributed by atoms with E-state index in [9.17, 15) is 20.0 Å². The Morgan fingerprint density at radius 2 is 1.95 bits per heavy atom. The van der Waals surface area contributed by atoms with Gasteiger partial charge in [-0.3, -0.25) is 10.1 Å². The summed E-state index contributed by atoms with van der Waals surface area (Å²) in [6, 6.07) is 9.42. The first-order valence-corrected chi connectivity index (χ1v) is 7.12. The van der Waals surface area contributed by atoms with Crippen molar-refractivity contribution < 1.29 is 19.2 Å². The van der Waals surface area contributed by atoms with Gasteiger partial charge in [0.2, 0.25) is 5.89 Å². The molecule has 8 heteroatoms. The molecule has 3 aromatic rings. The molecule has 110 valence electrons. The van der Waals surface area contributed by atoms with Gasteiger partial charge < -0.3 is 9.52 Å². The van der Waals surface area contributed by atoms with Crippen LogP contribution in [-0.4, -0.2) is 21.0 Å². The largest absolute Gasteiger partial charge is 0.478 e. The van der Waals surface area contributed by atoms with Gasteiger partial charge in [-0.15, -0.1) is 0 Å². The minimum atomic E-state index is -1.31. The molecule has 1 heterocycles. The molecule has 0 radical (unpaired) electrons. The van der Waals surface area contributed by atoms with Gasteiger partial charge in [0.05, 0.1) is 4.92 Å². The number of benzene rings is 2. The number of aromatic carboxylic acids is 1. The lowest BCUT2D eigenvalue weighted by Crippen LogP contribution is -1.99. The van der Waals surface area contributed by atoms with Crippen LogP contribution in [0.4, 0.5) is 5.69 Å². The van der Waals surface area contributed by atoms with Gasteiger partial charge in [0.25, 0.3) is 5.69 Å².